The Hall–Kier alpha value is -2.25. The monoisotopic (exact) mass is 455 g/mol. The Balaban J connectivity index is 1.24. The summed E-state index contributed by atoms with van der Waals surface area (Å²) in [6.07, 6.45) is 6.71. The Morgan fingerprint density at radius 3 is 2.76 bits per heavy atom. The van der Waals surface area contributed by atoms with Crippen molar-refractivity contribution >= 4 is 11.8 Å². The first kappa shape index (κ1) is 22.5. The average molecular weight is 456 g/mol. The van der Waals surface area contributed by atoms with Crippen molar-refractivity contribution in [3.8, 4) is 0 Å². The second-order valence-corrected chi connectivity index (χ2v) is 10.0. The lowest BCUT2D eigenvalue weighted by Gasteiger charge is -2.37. The van der Waals surface area contributed by atoms with Crippen LogP contribution in [-0.2, 0) is 22.5 Å². The third-order valence-electron chi connectivity index (χ3n) is 7.68. The number of carbonyl (C=O) groups excluding carboxylic acids is 2. The molecule has 1 saturated carbocycles. The molecule has 3 aliphatic heterocycles. The van der Waals surface area contributed by atoms with E-state index < -0.39 is 12.2 Å². The van der Waals surface area contributed by atoms with Gasteiger partial charge in [0.15, 0.2) is 0 Å². The zero-order valence-electron chi connectivity index (χ0n) is 19.2. The standard InChI is InChI=1S/C26H34FN3O3/c1-16-4-11-23(25(31)28-16)30-15-18-13-17(5-10-21(18)26(30)32)14-24-22(3-2-12-33-24)29-20-8-6-19(27)7-9-20/h5,10,13,19-20,22-24,29H,1-4,6-9,11-12,14-15H2,(H,28,31)/t19-,20-,22-,23?,24+/m0/s1. The highest BCUT2D eigenvalue weighted by Crippen LogP contribution is 2.30. The number of benzene rings is 1. The Morgan fingerprint density at radius 2 is 1.97 bits per heavy atom. The molecule has 6 nitrogen and oxygen atoms in total. The van der Waals surface area contributed by atoms with Gasteiger partial charge >= 0.3 is 0 Å². The molecule has 33 heavy (non-hydrogen) atoms. The first-order valence-corrected chi connectivity index (χ1v) is 12.4. The zero-order chi connectivity index (χ0) is 22.9. The Bertz CT molecular complexity index is 927. The van der Waals surface area contributed by atoms with Gasteiger partial charge in [0.25, 0.3) is 5.91 Å². The molecule has 0 spiro atoms. The van der Waals surface area contributed by atoms with Gasteiger partial charge in [-0.1, -0.05) is 18.7 Å². The van der Waals surface area contributed by atoms with E-state index >= 15 is 0 Å². The molecule has 3 heterocycles. The van der Waals surface area contributed by atoms with Gasteiger partial charge in [0, 0.05) is 42.9 Å². The predicted molar refractivity (Wildman–Crippen MR) is 123 cm³/mol. The van der Waals surface area contributed by atoms with E-state index in [-0.39, 0.29) is 24.0 Å². The molecule has 3 fully saturated rings. The van der Waals surface area contributed by atoms with E-state index in [0.717, 1.165) is 55.5 Å². The van der Waals surface area contributed by atoms with Crippen molar-refractivity contribution in [3.63, 3.8) is 0 Å². The number of amides is 2. The maximum atomic E-state index is 13.5. The van der Waals surface area contributed by atoms with Crippen molar-refractivity contribution in [3.05, 3.63) is 47.2 Å². The molecule has 1 aromatic rings. The summed E-state index contributed by atoms with van der Waals surface area (Å²) in [5, 5.41) is 6.55. The van der Waals surface area contributed by atoms with Crippen LogP contribution >= 0.6 is 0 Å². The maximum Gasteiger partial charge on any atom is 0.255 e. The van der Waals surface area contributed by atoms with Crippen LogP contribution in [0.25, 0.3) is 0 Å². The van der Waals surface area contributed by atoms with Gasteiger partial charge in [-0.2, -0.15) is 0 Å². The highest BCUT2D eigenvalue weighted by Gasteiger charge is 2.38. The molecule has 1 aromatic carbocycles. The van der Waals surface area contributed by atoms with E-state index in [0.29, 0.717) is 43.8 Å². The van der Waals surface area contributed by atoms with Crippen molar-refractivity contribution in [2.24, 2.45) is 0 Å². The number of rotatable bonds is 5. The molecule has 3 atom stereocenters. The molecule has 1 aliphatic carbocycles. The second-order valence-electron chi connectivity index (χ2n) is 10.0. The minimum Gasteiger partial charge on any atom is -0.376 e. The smallest absolute Gasteiger partial charge is 0.255 e. The fourth-order valence-corrected chi connectivity index (χ4v) is 5.82. The molecule has 5 rings (SSSR count). The molecule has 4 aliphatic rings. The van der Waals surface area contributed by atoms with E-state index in [1.165, 1.54) is 0 Å². The summed E-state index contributed by atoms with van der Waals surface area (Å²) < 4.78 is 19.7. The normalized spacial score (nSPS) is 32.6. The van der Waals surface area contributed by atoms with Gasteiger partial charge < -0.3 is 20.3 Å². The van der Waals surface area contributed by atoms with Crippen LogP contribution in [0.3, 0.4) is 0 Å². The quantitative estimate of drug-likeness (QED) is 0.714. The molecule has 0 radical (unpaired) electrons. The fourth-order valence-electron chi connectivity index (χ4n) is 5.82. The van der Waals surface area contributed by atoms with Gasteiger partial charge in [-0.3, -0.25) is 9.59 Å². The van der Waals surface area contributed by atoms with E-state index in [9.17, 15) is 14.0 Å². The minimum absolute atomic E-state index is 0.0684. The summed E-state index contributed by atoms with van der Waals surface area (Å²) in [6.45, 7) is 5.06. The molecule has 0 bridgehead atoms. The number of hydrogen-bond acceptors (Lipinski definition) is 4. The third kappa shape index (κ3) is 4.85. The number of alkyl halides is 1. The van der Waals surface area contributed by atoms with Crippen LogP contribution in [0.1, 0.15) is 72.9 Å². The second kappa shape index (κ2) is 9.55. The summed E-state index contributed by atoms with van der Waals surface area (Å²) in [4.78, 5) is 27.1. The molecule has 0 aromatic heterocycles. The minimum atomic E-state index is -0.645. The van der Waals surface area contributed by atoms with E-state index in [2.05, 4.69) is 23.3 Å². The number of allylic oxidation sites excluding steroid dienone is 1. The topological polar surface area (TPSA) is 70.7 Å². The van der Waals surface area contributed by atoms with Gasteiger partial charge in [-0.15, -0.1) is 0 Å². The lowest BCUT2D eigenvalue weighted by atomic mass is 9.90. The molecular weight excluding hydrogens is 421 g/mol. The van der Waals surface area contributed by atoms with E-state index in [1.807, 2.05) is 12.1 Å². The predicted octanol–water partition coefficient (Wildman–Crippen LogP) is 3.40. The molecular formula is C26H34FN3O3. The van der Waals surface area contributed by atoms with Gasteiger partial charge in [0.1, 0.15) is 12.2 Å². The number of nitrogens with zero attached hydrogens (tertiary/aromatic N) is 1. The third-order valence-corrected chi connectivity index (χ3v) is 7.68. The first-order valence-electron chi connectivity index (χ1n) is 12.4. The van der Waals surface area contributed by atoms with Gasteiger partial charge in [-0.25, -0.2) is 4.39 Å². The lowest BCUT2D eigenvalue weighted by molar-refractivity contribution is -0.126. The van der Waals surface area contributed by atoms with Gasteiger partial charge in [0.05, 0.1) is 6.10 Å². The molecule has 2 N–H and O–H groups in total. The van der Waals surface area contributed by atoms with E-state index in [1.54, 1.807) is 4.90 Å². The lowest BCUT2D eigenvalue weighted by Crippen LogP contribution is -2.50. The van der Waals surface area contributed by atoms with Gasteiger partial charge in [-0.05, 0) is 68.6 Å². The Kier molecular flexibility index (Phi) is 6.52. The van der Waals surface area contributed by atoms with Crippen molar-refractivity contribution in [2.45, 2.75) is 94.7 Å². The molecule has 178 valence electrons. The SMILES string of the molecule is C=C1CCC(N2Cc3cc(C[C@H]4OCCC[C@@H]4N[C@H]4CC[C@H](F)CC4)ccc3C2=O)C(=O)N1. The number of nitrogens with one attached hydrogen (secondary N) is 2. The van der Waals surface area contributed by atoms with Crippen LogP contribution in [0.2, 0.25) is 0 Å². The van der Waals surface area contributed by atoms with Crippen LogP contribution in [-0.4, -0.2) is 53.7 Å². The summed E-state index contributed by atoms with van der Waals surface area (Å²) in [5.41, 5.74) is 3.54. The molecule has 1 unspecified atom stereocenters. The Labute approximate surface area is 194 Å². The summed E-state index contributed by atoms with van der Waals surface area (Å²) in [6, 6.07) is 6.23. The number of carbonyl (C=O) groups is 2. The van der Waals surface area contributed by atoms with Crippen LogP contribution in [0.4, 0.5) is 4.39 Å². The maximum absolute atomic E-state index is 13.5. The number of ether oxygens (including phenoxy) is 1. The molecule has 2 saturated heterocycles. The van der Waals surface area contributed by atoms with Crippen LogP contribution in [0.15, 0.2) is 30.5 Å². The first-order chi connectivity index (χ1) is 16.0. The fraction of sp³-hybridized carbons (Fsp3) is 0.615. The van der Waals surface area contributed by atoms with E-state index in [4.69, 9.17) is 4.74 Å². The Morgan fingerprint density at radius 1 is 1.15 bits per heavy atom. The van der Waals surface area contributed by atoms with Crippen LogP contribution in [0.5, 0.6) is 0 Å². The van der Waals surface area contributed by atoms with Crippen LogP contribution in [0, 0.1) is 0 Å². The van der Waals surface area contributed by atoms with Crippen molar-refractivity contribution < 1.29 is 18.7 Å². The largest absolute Gasteiger partial charge is 0.376 e. The summed E-state index contributed by atoms with van der Waals surface area (Å²) >= 11 is 0. The zero-order valence-corrected chi connectivity index (χ0v) is 19.2. The van der Waals surface area contributed by atoms with Crippen molar-refractivity contribution in [1.29, 1.82) is 0 Å². The number of fused-ring (bicyclic) bond motifs is 1. The number of hydrogen-bond donors (Lipinski definition) is 2. The average Bonchev–Trinajstić information content (AvgIpc) is 3.12. The summed E-state index contributed by atoms with van der Waals surface area (Å²) in [7, 11) is 0. The molecule has 2 amide bonds. The van der Waals surface area contributed by atoms with Crippen molar-refractivity contribution in [2.75, 3.05) is 6.61 Å². The van der Waals surface area contributed by atoms with Crippen molar-refractivity contribution in [1.82, 2.24) is 15.5 Å². The highest BCUT2D eigenvalue weighted by atomic mass is 19.1. The highest BCUT2D eigenvalue weighted by molar-refractivity contribution is 6.01. The van der Waals surface area contributed by atoms with Crippen LogP contribution < -0.4 is 10.6 Å². The molecule has 7 heteroatoms. The number of halogens is 1. The van der Waals surface area contributed by atoms with Gasteiger partial charge in [0.2, 0.25) is 5.91 Å². The number of piperidine rings is 1. The summed E-state index contributed by atoms with van der Waals surface area (Å²) in [5.74, 6) is -0.208.